The minimum Gasteiger partial charge on any atom is -0.496 e. The Balaban J connectivity index is 1.51. The minimum atomic E-state index is -5.66. The molecule has 11 nitrogen and oxygen atoms in total. The molecule has 4 rings (SSSR count). The lowest BCUT2D eigenvalue weighted by atomic mass is 9.75. The van der Waals surface area contributed by atoms with Gasteiger partial charge in [-0.3, -0.25) is 14.4 Å². The fraction of sp³-hybridized carbons (Fsp3) is 0.500. The Labute approximate surface area is 262 Å². The highest BCUT2D eigenvalue weighted by Gasteiger charge is 2.47. The molecule has 2 aliphatic rings. The van der Waals surface area contributed by atoms with Crippen molar-refractivity contribution in [2.45, 2.75) is 74.1 Å². The molecule has 0 spiro atoms. The zero-order valence-electron chi connectivity index (χ0n) is 25.1. The number of carbonyl (C=O) groups excluding carboxylic acids is 2. The molecule has 2 aromatic rings. The number of rotatable bonds is 10. The Morgan fingerprint density at radius 2 is 1.67 bits per heavy atom. The summed E-state index contributed by atoms with van der Waals surface area (Å²) < 4.78 is 94.2. The lowest BCUT2D eigenvalue weighted by Crippen LogP contribution is -2.42. The van der Waals surface area contributed by atoms with E-state index in [9.17, 15) is 45.5 Å². The highest BCUT2D eigenvalue weighted by molar-refractivity contribution is 7.92. The lowest BCUT2D eigenvalue weighted by molar-refractivity contribution is -0.150. The number of carboxylic acid groups (broad SMARTS) is 1. The first-order valence-corrected chi connectivity index (χ1v) is 15.8. The van der Waals surface area contributed by atoms with E-state index in [0.29, 0.717) is 31.7 Å². The van der Waals surface area contributed by atoms with Gasteiger partial charge in [-0.2, -0.15) is 13.2 Å². The Kier molecular flexibility index (Phi) is 10.2. The normalized spacial score (nSPS) is 25.0. The number of anilines is 1. The molecule has 0 heterocycles. The number of amides is 2. The number of hydrogen-bond acceptors (Lipinski definition) is 8. The Bertz CT molecular complexity index is 1590. The second kappa shape index (κ2) is 13.4. The van der Waals surface area contributed by atoms with E-state index in [1.165, 1.54) is 26.4 Å². The molecule has 16 heteroatoms. The van der Waals surface area contributed by atoms with Gasteiger partial charge in [0.2, 0.25) is 5.91 Å². The van der Waals surface area contributed by atoms with E-state index in [4.69, 9.17) is 14.2 Å². The Hall–Kier alpha value is -3.92. The van der Waals surface area contributed by atoms with Gasteiger partial charge in [0.25, 0.3) is 15.7 Å². The van der Waals surface area contributed by atoms with Gasteiger partial charge in [0, 0.05) is 24.9 Å². The molecule has 2 saturated carbocycles. The van der Waals surface area contributed by atoms with Gasteiger partial charge in [-0.1, -0.05) is 6.07 Å². The average Bonchev–Trinajstić information content (AvgIpc) is 3.41. The summed E-state index contributed by atoms with van der Waals surface area (Å²) in [6, 6.07) is 5.03. The third kappa shape index (κ3) is 7.38. The van der Waals surface area contributed by atoms with Crippen molar-refractivity contribution in [1.82, 2.24) is 5.32 Å². The molecule has 2 aromatic carbocycles. The number of carbonyl (C=O) groups is 3. The zero-order chi connectivity index (χ0) is 34.0. The molecule has 46 heavy (non-hydrogen) atoms. The van der Waals surface area contributed by atoms with Crippen LogP contribution in [0.3, 0.4) is 0 Å². The highest BCUT2D eigenvalue weighted by atomic mass is 32.2. The monoisotopic (exact) mass is 674 g/mol. The number of aliphatic carboxylic acids is 1. The van der Waals surface area contributed by atoms with E-state index in [-0.39, 0.29) is 35.6 Å². The summed E-state index contributed by atoms with van der Waals surface area (Å²) in [6.07, 6.45) is 0.713. The van der Waals surface area contributed by atoms with Crippen molar-refractivity contribution in [3.05, 3.63) is 47.8 Å². The molecular weight excluding hydrogens is 640 g/mol. The van der Waals surface area contributed by atoms with Crippen molar-refractivity contribution in [2.75, 3.05) is 19.5 Å². The fourth-order valence-electron chi connectivity index (χ4n) is 5.70. The number of ether oxygens (including phenoxy) is 3. The largest absolute Gasteiger partial charge is 0.501 e. The van der Waals surface area contributed by atoms with Gasteiger partial charge in [-0.25, -0.2) is 12.8 Å². The van der Waals surface area contributed by atoms with Crippen LogP contribution in [0.2, 0.25) is 0 Å². The summed E-state index contributed by atoms with van der Waals surface area (Å²) in [5, 5.41) is 14.6. The summed E-state index contributed by atoms with van der Waals surface area (Å²) >= 11 is 0. The molecule has 252 valence electrons. The smallest absolute Gasteiger partial charge is 0.496 e. The number of benzene rings is 2. The van der Waals surface area contributed by atoms with Crippen LogP contribution in [0.4, 0.5) is 23.2 Å². The number of methoxy groups -OCH3 is 2. The SMILES string of the molecule is COc1cc(F)c(OC2CCC(C)(C(=O)O)CC2)cc1C(=O)NC1CC(OC)CC1C(=O)Nc1cccc(S(=O)(=O)C(F)(F)F)c1. The molecular formula is C30H34F4N2O9S. The van der Waals surface area contributed by atoms with Gasteiger partial charge in [-0.05, 0) is 69.7 Å². The van der Waals surface area contributed by atoms with Crippen LogP contribution in [0.1, 0.15) is 55.8 Å². The third-order valence-corrected chi connectivity index (χ3v) is 10.1. The van der Waals surface area contributed by atoms with Crippen molar-refractivity contribution in [3.8, 4) is 11.5 Å². The molecule has 0 aromatic heterocycles. The topological polar surface area (TPSA) is 157 Å². The van der Waals surface area contributed by atoms with E-state index in [2.05, 4.69) is 10.6 Å². The van der Waals surface area contributed by atoms with Crippen molar-refractivity contribution >= 4 is 33.3 Å². The van der Waals surface area contributed by atoms with Crippen LogP contribution in [0.5, 0.6) is 11.5 Å². The molecule has 2 amide bonds. The molecule has 0 radical (unpaired) electrons. The van der Waals surface area contributed by atoms with Crippen LogP contribution >= 0.6 is 0 Å². The lowest BCUT2D eigenvalue weighted by Gasteiger charge is -2.34. The molecule has 3 unspecified atom stereocenters. The van der Waals surface area contributed by atoms with Crippen molar-refractivity contribution < 1.29 is 59.7 Å². The maximum absolute atomic E-state index is 15.0. The molecule has 2 aliphatic carbocycles. The number of carboxylic acids is 1. The molecule has 3 atom stereocenters. The van der Waals surface area contributed by atoms with Crippen LogP contribution < -0.4 is 20.1 Å². The maximum atomic E-state index is 15.0. The summed E-state index contributed by atoms with van der Waals surface area (Å²) in [5.41, 5.74) is -6.74. The predicted octanol–water partition coefficient (Wildman–Crippen LogP) is 4.70. The van der Waals surface area contributed by atoms with Crippen molar-refractivity contribution in [2.24, 2.45) is 11.3 Å². The molecule has 0 aliphatic heterocycles. The fourth-order valence-corrected chi connectivity index (χ4v) is 6.51. The van der Waals surface area contributed by atoms with Gasteiger partial charge < -0.3 is 30.0 Å². The standard InChI is InChI=1S/C30H34F4N2O9S/c1-29(28(39)40)9-7-17(8-10-29)45-25-14-21(24(44-3)15-22(25)31)27(38)36-23-13-18(43-2)12-20(23)26(37)35-16-5-4-6-19(11-16)46(41,42)30(32,33)34/h4-6,11,14-15,17-18,20,23H,7-10,12-13H2,1-3H3,(H,35,37)(H,36,38)(H,39,40). The van der Waals surface area contributed by atoms with Gasteiger partial charge in [0.05, 0.1) is 41.1 Å². The van der Waals surface area contributed by atoms with E-state index < -0.39 is 73.4 Å². The first kappa shape index (κ1) is 34.9. The maximum Gasteiger partial charge on any atom is 0.501 e. The third-order valence-electron chi connectivity index (χ3n) is 8.57. The van der Waals surface area contributed by atoms with Crippen LogP contribution in [-0.4, -0.2) is 69.3 Å². The summed E-state index contributed by atoms with van der Waals surface area (Å²) in [5.74, 6) is -4.45. The van der Waals surface area contributed by atoms with E-state index in [1.54, 1.807) is 6.92 Å². The first-order valence-electron chi connectivity index (χ1n) is 14.3. The summed E-state index contributed by atoms with van der Waals surface area (Å²) in [6.45, 7) is 1.64. The number of alkyl halides is 3. The van der Waals surface area contributed by atoms with Gasteiger partial charge in [-0.15, -0.1) is 0 Å². The second-order valence-electron chi connectivity index (χ2n) is 11.6. The summed E-state index contributed by atoms with van der Waals surface area (Å²) in [7, 11) is -3.01. The molecule has 3 N–H and O–H groups in total. The van der Waals surface area contributed by atoms with Gasteiger partial charge >= 0.3 is 11.5 Å². The Morgan fingerprint density at radius 3 is 2.26 bits per heavy atom. The van der Waals surface area contributed by atoms with Crippen LogP contribution in [0.15, 0.2) is 41.3 Å². The van der Waals surface area contributed by atoms with Crippen LogP contribution in [-0.2, 0) is 24.2 Å². The quantitative estimate of drug-likeness (QED) is 0.304. The average molecular weight is 675 g/mol. The van der Waals surface area contributed by atoms with Gasteiger partial charge in [0.1, 0.15) is 5.75 Å². The van der Waals surface area contributed by atoms with Crippen LogP contribution in [0, 0.1) is 17.2 Å². The highest BCUT2D eigenvalue weighted by Crippen LogP contribution is 2.39. The Morgan fingerprint density at radius 1 is 1.00 bits per heavy atom. The van der Waals surface area contributed by atoms with E-state index in [1.807, 2.05) is 0 Å². The van der Waals surface area contributed by atoms with Crippen LogP contribution in [0.25, 0.3) is 0 Å². The predicted molar refractivity (Wildman–Crippen MR) is 155 cm³/mol. The number of halogens is 4. The number of sulfone groups is 1. The zero-order valence-corrected chi connectivity index (χ0v) is 26.0. The minimum absolute atomic E-state index is 0.102. The van der Waals surface area contributed by atoms with E-state index in [0.717, 1.165) is 18.2 Å². The van der Waals surface area contributed by atoms with Crippen molar-refractivity contribution in [1.29, 1.82) is 0 Å². The second-order valence-corrected chi connectivity index (χ2v) is 13.6. The number of nitrogens with one attached hydrogen (secondary N) is 2. The molecule has 0 saturated heterocycles. The molecule has 2 fully saturated rings. The van der Waals surface area contributed by atoms with Crippen molar-refractivity contribution in [3.63, 3.8) is 0 Å². The molecule has 0 bridgehead atoms. The van der Waals surface area contributed by atoms with Gasteiger partial charge in [0.15, 0.2) is 11.6 Å². The first-order chi connectivity index (χ1) is 21.5. The number of hydrogen-bond donors (Lipinski definition) is 3. The van der Waals surface area contributed by atoms with E-state index >= 15 is 0 Å². The summed E-state index contributed by atoms with van der Waals surface area (Å²) in [4.78, 5) is 37.3.